The number of rotatable bonds is 2. The van der Waals surface area contributed by atoms with Crippen LogP contribution in [0.5, 0.6) is 0 Å². The van der Waals surface area contributed by atoms with Crippen molar-refractivity contribution in [3.8, 4) is 0 Å². The molecule has 5 heteroatoms. The van der Waals surface area contributed by atoms with Gasteiger partial charge in [-0.2, -0.15) is 11.8 Å². The first-order chi connectivity index (χ1) is 9.60. The standard InChI is InChI=1S/C15H18ClFO2S/c16-13-7-11(17)1-2-12(13)14(18)10-3-5-19-15(8-10)4-6-20-9-15/h1-2,7,10,14,18H,3-6,8-9H2. The molecular formula is C15H18ClFO2S. The minimum atomic E-state index is -0.644. The number of thioether (sulfide) groups is 1. The van der Waals surface area contributed by atoms with Crippen molar-refractivity contribution in [2.75, 3.05) is 18.1 Å². The van der Waals surface area contributed by atoms with E-state index in [0.717, 1.165) is 30.8 Å². The van der Waals surface area contributed by atoms with Crippen molar-refractivity contribution in [1.82, 2.24) is 0 Å². The summed E-state index contributed by atoms with van der Waals surface area (Å²) in [5, 5.41) is 10.9. The van der Waals surface area contributed by atoms with Crippen LogP contribution in [0, 0.1) is 11.7 Å². The molecule has 2 saturated heterocycles. The fourth-order valence-electron chi connectivity index (χ4n) is 3.19. The van der Waals surface area contributed by atoms with Gasteiger partial charge in [0.05, 0.1) is 11.7 Å². The molecule has 0 bridgehead atoms. The van der Waals surface area contributed by atoms with Gasteiger partial charge in [0, 0.05) is 17.4 Å². The number of benzene rings is 1. The van der Waals surface area contributed by atoms with Crippen LogP contribution < -0.4 is 0 Å². The third-order valence-corrected chi connectivity index (χ3v) is 5.88. The van der Waals surface area contributed by atoms with Crippen molar-refractivity contribution in [3.05, 3.63) is 34.6 Å². The molecule has 1 spiro atoms. The molecule has 0 aliphatic carbocycles. The van der Waals surface area contributed by atoms with Gasteiger partial charge in [0.2, 0.25) is 0 Å². The molecule has 110 valence electrons. The maximum atomic E-state index is 13.1. The zero-order valence-corrected chi connectivity index (χ0v) is 12.7. The van der Waals surface area contributed by atoms with Crippen LogP contribution in [0.4, 0.5) is 4.39 Å². The van der Waals surface area contributed by atoms with Gasteiger partial charge in [0.1, 0.15) is 5.82 Å². The summed E-state index contributed by atoms with van der Waals surface area (Å²) in [5.41, 5.74) is 0.557. The zero-order valence-electron chi connectivity index (χ0n) is 11.1. The summed E-state index contributed by atoms with van der Waals surface area (Å²) in [5.74, 6) is 1.89. The average molecular weight is 317 g/mol. The van der Waals surface area contributed by atoms with Crippen LogP contribution in [0.25, 0.3) is 0 Å². The third-order valence-electron chi connectivity index (χ3n) is 4.33. The van der Waals surface area contributed by atoms with Gasteiger partial charge in [-0.15, -0.1) is 0 Å². The summed E-state index contributed by atoms with van der Waals surface area (Å²) < 4.78 is 19.1. The first-order valence-electron chi connectivity index (χ1n) is 6.94. The molecule has 2 aliphatic rings. The van der Waals surface area contributed by atoms with E-state index in [1.54, 1.807) is 6.07 Å². The van der Waals surface area contributed by atoms with E-state index in [-0.39, 0.29) is 17.3 Å². The fraction of sp³-hybridized carbons (Fsp3) is 0.600. The zero-order chi connectivity index (χ0) is 14.2. The Hall–Kier alpha value is -0.290. The minimum absolute atomic E-state index is 0.0684. The summed E-state index contributed by atoms with van der Waals surface area (Å²) in [6, 6.07) is 4.21. The Morgan fingerprint density at radius 2 is 2.35 bits per heavy atom. The maximum Gasteiger partial charge on any atom is 0.124 e. The van der Waals surface area contributed by atoms with Crippen molar-refractivity contribution in [2.24, 2.45) is 5.92 Å². The molecule has 20 heavy (non-hydrogen) atoms. The Kier molecular flexibility index (Phi) is 4.27. The van der Waals surface area contributed by atoms with E-state index in [9.17, 15) is 9.50 Å². The number of hydrogen-bond acceptors (Lipinski definition) is 3. The molecule has 0 saturated carbocycles. The number of hydrogen-bond donors (Lipinski definition) is 1. The third kappa shape index (κ3) is 2.84. The Morgan fingerprint density at radius 1 is 1.50 bits per heavy atom. The normalized spacial score (nSPS) is 31.6. The maximum absolute atomic E-state index is 13.1. The largest absolute Gasteiger partial charge is 0.388 e. The quantitative estimate of drug-likeness (QED) is 0.899. The lowest BCUT2D eigenvalue weighted by Gasteiger charge is -2.39. The Bertz CT molecular complexity index is 491. The van der Waals surface area contributed by atoms with E-state index in [1.807, 2.05) is 11.8 Å². The van der Waals surface area contributed by atoms with E-state index >= 15 is 0 Å². The second kappa shape index (κ2) is 5.84. The molecule has 2 aliphatic heterocycles. The van der Waals surface area contributed by atoms with Crippen molar-refractivity contribution < 1.29 is 14.2 Å². The summed E-state index contributed by atoms with van der Waals surface area (Å²) >= 11 is 7.97. The minimum Gasteiger partial charge on any atom is -0.388 e. The second-order valence-electron chi connectivity index (χ2n) is 5.70. The predicted molar refractivity (Wildman–Crippen MR) is 79.7 cm³/mol. The number of aliphatic hydroxyl groups excluding tert-OH is 1. The van der Waals surface area contributed by atoms with Gasteiger partial charge < -0.3 is 9.84 Å². The topological polar surface area (TPSA) is 29.5 Å². The lowest BCUT2D eigenvalue weighted by Crippen LogP contribution is -2.41. The van der Waals surface area contributed by atoms with Gasteiger partial charge in [-0.25, -0.2) is 4.39 Å². The molecular weight excluding hydrogens is 299 g/mol. The van der Waals surface area contributed by atoms with Crippen LogP contribution >= 0.6 is 23.4 Å². The Labute approximate surface area is 127 Å². The molecule has 1 N–H and O–H groups in total. The van der Waals surface area contributed by atoms with E-state index in [0.29, 0.717) is 17.2 Å². The highest BCUT2D eigenvalue weighted by Gasteiger charge is 2.42. The summed E-state index contributed by atoms with van der Waals surface area (Å²) in [6.45, 7) is 0.682. The predicted octanol–water partition coefficient (Wildman–Crippen LogP) is 3.81. The second-order valence-corrected chi connectivity index (χ2v) is 7.21. The van der Waals surface area contributed by atoms with Crippen LogP contribution in [0.1, 0.15) is 30.9 Å². The molecule has 1 aromatic carbocycles. The lowest BCUT2D eigenvalue weighted by molar-refractivity contribution is -0.102. The van der Waals surface area contributed by atoms with Gasteiger partial charge in [-0.1, -0.05) is 17.7 Å². The van der Waals surface area contributed by atoms with Crippen LogP contribution in [0.3, 0.4) is 0 Å². The molecule has 1 aromatic rings. The highest BCUT2D eigenvalue weighted by molar-refractivity contribution is 7.99. The first-order valence-corrected chi connectivity index (χ1v) is 8.48. The smallest absolute Gasteiger partial charge is 0.124 e. The number of halogens is 2. The lowest BCUT2D eigenvalue weighted by atomic mass is 9.80. The molecule has 2 fully saturated rings. The Balaban J connectivity index is 1.77. The average Bonchev–Trinajstić information content (AvgIpc) is 2.86. The SMILES string of the molecule is OC(c1ccc(F)cc1Cl)C1CCOC2(CCSC2)C1. The van der Waals surface area contributed by atoms with Gasteiger partial charge in [-0.05, 0) is 48.6 Å². The monoisotopic (exact) mass is 316 g/mol. The van der Waals surface area contributed by atoms with E-state index < -0.39 is 6.10 Å². The Morgan fingerprint density at radius 3 is 3.05 bits per heavy atom. The van der Waals surface area contributed by atoms with Gasteiger partial charge in [0.15, 0.2) is 0 Å². The van der Waals surface area contributed by atoms with Crippen molar-refractivity contribution in [2.45, 2.75) is 31.0 Å². The summed E-state index contributed by atoms with van der Waals surface area (Å²) in [4.78, 5) is 0. The van der Waals surface area contributed by atoms with Crippen LogP contribution in [-0.4, -0.2) is 28.8 Å². The van der Waals surface area contributed by atoms with Crippen molar-refractivity contribution in [1.29, 1.82) is 0 Å². The van der Waals surface area contributed by atoms with E-state index in [1.165, 1.54) is 12.1 Å². The molecule has 0 aromatic heterocycles. The molecule has 0 radical (unpaired) electrons. The number of ether oxygens (including phenoxy) is 1. The molecule has 2 nitrogen and oxygen atoms in total. The summed E-state index contributed by atoms with van der Waals surface area (Å²) in [6.07, 6.45) is 2.09. The van der Waals surface area contributed by atoms with Gasteiger partial charge in [-0.3, -0.25) is 0 Å². The van der Waals surface area contributed by atoms with Crippen molar-refractivity contribution >= 4 is 23.4 Å². The highest BCUT2D eigenvalue weighted by Crippen LogP contribution is 2.44. The first kappa shape index (κ1) is 14.6. The van der Waals surface area contributed by atoms with Crippen LogP contribution in [0.2, 0.25) is 5.02 Å². The molecule has 3 atom stereocenters. The molecule has 3 unspecified atom stereocenters. The van der Waals surface area contributed by atoms with E-state index in [2.05, 4.69) is 0 Å². The van der Waals surface area contributed by atoms with E-state index in [4.69, 9.17) is 16.3 Å². The molecule has 2 heterocycles. The number of aliphatic hydroxyl groups is 1. The highest BCUT2D eigenvalue weighted by atomic mass is 35.5. The van der Waals surface area contributed by atoms with Crippen molar-refractivity contribution in [3.63, 3.8) is 0 Å². The fourth-order valence-corrected chi connectivity index (χ4v) is 4.85. The van der Waals surface area contributed by atoms with Crippen LogP contribution in [0.15, 0.2) is 18.2 Å². The van der Waals surface area contributed by atoms with Gasteiger partial charge in [0.25, 0.3) is 0 Å². The molecule has 3 rings (SSSR count). The van der Waals surface area contributed by atoms with Gasteiger partial charge >= 0.3 is 0 Å². The summed E-state index contributed by atoms with van der Waals surface area (Å²) in [7, 11) is 0. The van der Waals surface area contributed by atoms with Crippen LogP contribution in [-0.2, 0) is 4.74 Å². The molecule has 0 amide bonds.